The summed E-state index contributed by atoms with van der Waals surface area (Å²) in [4.78, 5) is 15.4. The number of methoxy groups -OCH3 is 1. The molecule has 0 aliphatic heterocycles. The zero-order valence-corrected chi connectivity index (χ0v) is 11.0. The second-order valence-electron chi connectivity index (χ2n) is 4.55. The molecule has 0 N–H and O–H groups in total. The van der Waals surface area contributed by atoms with Crippen molar-refractivity contribution in [1.29, 1.82) is 0 Å². The molecule has 0 bridgehead atoms. The molecule has 1 saturated carbocycles. The van der Waals surface area contributed by atoms with Crippen molar-refractivity contribution >= 4 is 17.7 Å². The SMILES string of the molecule is COC(=O)CC1(CSCc2ncnn2C)CC1. The number of ether oxygens (including phenoxy) is 1. The van der Waals surface area contributed by atoms with Gasteiger partial charge in [0.1, 0.15) is 12.2 Å². The van der Waals surface area contributed by atoms with E-state index < -0.39 is 0 Å². The molecule has 0 saturated heterocycles. The summed E-state index contributed by atoms with van der Waals surface area (Å²) < 4.78 is 6.51. The van der Waals surface area contributed by atoms with E-state index in [4.69, 9.17) is 4.74 Å². The van der Waals surface area contributed by atoms with Gasteiger partial charge in [-0.3, -0.25) is 9.48 Å². The van der Waals surface area contributed by atoms with Crippen molar-refractivity contribution in [1.82, 2.24) is 14.8 Å². The molecule has 0 unspecified atom stereocenters. The molecule has 1 heterocycles. The molecule has 1 aliphatic rings. The number of carbonyl (C=O) groups excluding carboxylic acids is 1. The average Bonchev–Trinajstić information content (AvgIpc) is 2.95. The summed E-state index contributed by atoms with van der Waals surface area (Å²) in [6.45, 7) is 0. The highest BCUT2D eigenvalue weighted by molar-refractivity contribution is 7.98. The second-order valence-corrected chi connectivity index (χ2v) is 5.53. The maximum atomic E-state index is 11.3. The molecule has 0 aromatic carbocycles. The topological polar surface area (TPSA) is 57.0 Å². The Labute approximate surface area is 105 Å². The van der Waals surface area contributed by atoms with Crippen LogP contribution in [0.2, 0.25) is 0 Å². The number of carbonyl (C=O) groups is 1. The lowest BCUT2D eigenvalue weighted by Gasteiger charge is -2.12. The van der Waals surface area contributed by atoms with E-state index in [0.29, 0.717) is 6.42 Å². The molecule has 1 aliphatic carbocycles. The van der Waals surface area contributed by atoms with E-state index in [1.54, 1.807) is 11.0 Å². The minimum absolute atomic E-state index is 0.0956. The highest BCUT2D eigenvalue weighted by Gasteiger charge is 2.44. The maximum Gasteiger partial charge on any atom is 0.306 e. The molecule has 94 valence electrons. The summed E-state index contributed by atoms with van der Waals surface area (Å²) in [5, 5.41) is 4.03. The molecule has 0 radical (unpaired) electrons. The van der Waals surface area contributed by atoms with Crippen LogP contribution in [0.4, 0.5) is 0 Å². The van der Waals surface area contributed by atoms with Gasteiger partial charge in [-0.25, -0.2) is 4.98 Å². The Hall–Kier alpha value is -1.04. The zero-order valence-electron chi connectivity index (χ0n) is 10.2. The van der Waals surface area contributed by atoms with E-state index in [2.05, 4.69) is 10.1 Å². The predicted octanol–water partition coefficient (Wildman–Crippen LogP) is 1.39. The first-order valence-corrected chi connectivity index (χ1v) is 6.78. The summed E-state index contributed by atoms with van der Waals surface area (Å²) in [6.07, 6.45) is 4.38. The fraction of sp³-hybridized carbons (Fsp3) is 0.727. The normalized spacial score (nSPS) is 16.8. The lowest BCUT2D eigenvalue weighted by molar-refractivity contribution is -0.141. The van der Waals surface area contributed by atoms with Gasteiger partial charge >= 0.3 is 5.97 Å². The first-order valence-electron chi connectivity index (χ1n) is 5.63. The Morgan fingerprint density at radius 3 is 2.94 bits per heavy atom. The molecule has 6 heteroatoms. The summed E-state index contributed by atoms with van der Waals surface area (Å²) in [5.41, 5.74) is 0.191. The van der Waals surface area contributed by atoms with Gasteiger partial charge < -0.3 is 4.74 Å². The van der Waals surface area contributed by atoms with Crippen molar-refractivity contribution in [3.8, 4) is 0 Å². The number of esters is 1. The van der Waals surface area contributed by atoms with Crippen LogP contribution < -0.4 is 0 Å². The predicted molar refractivity (Wildman–Crippen MR) is 65.5 cm³/mol. The number of nitrogens with zero attached hydrogens (tertiary/aromatic N) is 3. The highest BCUT2D eigenvalue weighted by atomic mass is 32.2. The number of hydrogen-bond acceptors (Lipinski definition) is 5. The Kier molecular flexibility index (Phi) is 3.71. The van der Waals surface area contributed by atoms with Crippen molar-refractivity contribution in [2.45, 2.75) is 25.0 Å². The molecule has 1 fully saturated rings. The molecule has 5 nitrogen and oxygen atoms in total. The summed E-state index contributed by atoms with van der Waals surface area (Å²) in [6, 6.07) is 0. The fourth-order valence-electron chi connectivity index (χ4n) is 1.74. The van der Waals surface area contributed by atoms with Gasteiger partial charge in [-0.2, -0.15) is 16.9 Å². The van der Waals surface area contributed by atoms with Crippen molar-refractivity contribution in [3.05, 3.63) is 12.2 Å². The van der Waals surface area contributed by atoms with Gasteiger partial charge in [-0.1, -0.05) is 0 Å². The highest BCUT2D eigenvalue weighted by Crippen LogP contribution is 2.51. The zero-order chi connectivity index (χ0) is 12.3. The Bertz CT molecular complexity index is 401. The second kappa shape index (κ2) is 5.08. The van der Waals surface area contributed by atoms with Crippen LogP contribution in [0.1, 0.15) is 25.1 Å². The third-order valence-corrected chi connectivity index (χ3v) is 4.43. The lowest BCUT2D eigenvalue weighted by atomic mass is 10.1. The molecule has 0 atom stereocenters. The van der Waals surface area contributed by atoms with Crippen LogP contribution in [-0.4, -0.2) is 33.6 Å². The number of aromatic nitrogens is 3. The van der Waals surface area contributed by atoms with Gasteiger partial charge in [0, 0.05) is 7.05 Å². The number of thioether (sulfide) groups is 1. The molecular formula is C11H17N3O2S. The number of hydrogen-bond donors (Lipinski definition) is 0. The third kappa shape index (κ3) is 3.21. The van der Waals surface area contributed by atoms with Crippen LogP contribution in [0.3, 0.4) is 0 Å². The molecule has 0 amide bonds. The minimum atomic E-state index is -0.0956. The van der Waals surface area contributed by atoms with Crippen LogP contribution in [0.5, 0.6) is 0 Å². The van der Waals surface area contributed by atoms with Crippen LogP contribution >= 0.6 is 11.8 Å². The molecule has 0 spiro atoms. The Morgan fingerprint density at radius 1 is 1.65 bits per heavy atom. The minimum Gasteiger partial charge on any atom is -0.469 e. The lowest BCUT2D eigenvalue weighted by Crippen LogP contribution is -2.13. The quantitative estimate of drug-likeness (QED) is 0.719. The van der Waals surface area contributed by atoms with Crippen LogP contribution in [0.15, 0.2) is 6.33 Å². The van der Waals surface area contributed by atoms with E-state index in [1.165, 1.54) is 7.11 Å². The Balaban J connectivity index is 1.75. The molecule has 2 rings (SSSR count). The molecule has 17 heavy (non-hydrogen) atoms. The smallest absolute Gasteiger partial charge is 0.306 e. The fourth-order valence-corrected chi connectivity index (χ4v) is 3.11. The molecular weight excluding hydrogens is 238 g/mol. The van der Waals surface area contributed by atoms with Crippen molar-refractivity contribution in [3.63, 3.8) is 0 Å². The van der Waals surface area contributed by atoms with E-state index in [-0.39, 0.29) is 11.4 Å². The maximum absolute atomic E-state index is 11.3. The van der Waals surface area contributed by atoms with E-state index >= 15 is 0 Å². The van der Waals surface area contributed by atoms with E-state index in [1.807, 2.05) is 18.8 Å². The molecule has 1 aromatic rings. The summed E-state index contributed by atoms with van der Waals surface area (Å²) in [7, 11) is 3.34. The van der Waals surface area contributed by atoms with Crippen LogP contribution in [-0.2, 0) is 22.3 Å². The van der Waals surface area contributed by atoms with Gasteiger partial charge in [-0.15, -0.1) is 0 Å². The number of rotatable bonds is 6. The van der Waals surface area contributed by atoms with Gasteiger partial charge in [0.15, 0.2) is 0 Å². The first kappa shape index (κ1) is 12.4. The van der Waals surface area contributed by atoms with Gasteiger partial charge in [0.05, 0.1) is 19.3 Å². The van der Waals surface area contributed by atoms with Crippen molar-refractivity contribution < 1.29 is 9.53 Å². The Morgan fingerprint density at radius 2 is 2.41 bits per heavy atom. The summed E-state index contributed by atoms with van der Waals surface area (Å²) in [5.74, 6) is 2.72. The molecule has 1 aromatic heterocycles. The van der Waals surface area contributed by atoms with Crippen molar-refractivity contribution in [2.24, 2.45) is 12.5 Å². The van der Waals surface area contributed by atoms with Gasteiger partial charge in [-0.05, 0) is 24.0 Å². The number of aryl methyl sites for hydroxylation is 1. The standard InChI is InChI=1S/C11H17N3O2S/c1-14-9(12-8-13-14)6-17-7-11(3-4-11)5-10(15)16-2/h8H,3-7H2,1-2H3. The monoisotopic (exact) mass is 255 g/mol. The van der Waals surface area contributed by atoms with Gasteiger partial charge in [0.2, 0.25) is 0 Å². The first-order chi connectivity index (χ1) is 8.15. The third-order valence-electron chi connectivity index (χ3n) is 3.15. The van der Waals surface area contributed by atoms with Gasteiger partial charge in [0.25, 0.3) is 0 Å². The van der Waals surface area contributed by atoms with E-state index in [0.717, 1.165) is 30.2 Å². The average molecular weight is 255 g/mol. The van der Waals surface area contributed by atoms with E-state index in [9.17, 15) is 4.79 Å². The van der Waals surface area contributed by atoms with Crippen molar-refractivity contribution in [2.75, 3.05) is 12.9 Å². The summed E-state index contributed by atoms with van der Waals surface area (Å²) >= 11 is 1.82. The van der Waals surface area contributed by atoms with Crippen LogP contribution in [0, 0.1) is 5.41 Å². The van der Waals surface area contributed by atoms with Crippen LogP contribution in [0.25, 0.3) is 0 Å². The largest absolute Gasteiger partial charge is 0.469 e.